The molecule has 6 atom stereocenters. The minimum absolute atomic E-state index is 0.0296. The summed E-state index contributed by atoms with van der Waals surface area (Å²) in [5.41, 5.74) is 11.9. The first-order chi connectivity index (χ1) is 19.2. The van der Waals surface area contributed by atoms with Gasteiger partial charge in [-0.3, -0.25) is 24.6 Å². The topological polar surface area (TPSA) is 253 Å². The van der Waals surface area contributed by atoms with Crippen LogP contribution in [0.25, 0.3) is 0 Å². The lowest BCUT2D eigenvalue weighted by Gasteiger charge is -2.25. The van der Waals surface area contributed by atoms with Gasteiger partial charge in [-0.2, -0.15) is 0 Å². The third-order valence-corrected chi connectivity index (χ3v) is 7.26. The molecule has 16 heteroatoms. The molecule has 2 rings (SSSR count). The Kier molecular flexibility index (Phi) is 12.2. The van der Waals surface area contributed by atoms with Crippen molar-refractivity contribution in [2.75, 3.05) is 13.1 Å². The highest BCUT2D eigenvalue weighted by Crippen LogP contribution is 2.15. The first kappa shape index (κ1) is 33.2. The van der Waals surface area contributed by atoms with Crippen LogP contribution in [-0.4, -0.2) is 100 Å². The molecule has 226 valence electrons. The first-order valence-corrected chi connectivity index (χ1v) is 13.7. The summed E-state index contributed by atoms with van der Waals surface area (Å²) in [6.07, 6.45) is 0.697. The molecule has 0 aliphatic carbocycles. The van der Waals surface area contributed by atoms with Gasteiger partial charge in [-0.05, 0) is 38.6 Å². The van der Waals surface area contributed by atoms with Crippen molar-refractivity contribution < 1.29 is 34.2 Å². The predicted octanol–water partition coefficient (Wildman–Crippen LogP) is -2.41. The number of rotatable bonds is 14. The summed E-state index contributed by atoms with van der Waals surface area (Å²) in [6, 6.07) is -2.41. The van der Waals surface area contributed by atoms with Gasteiger partial charge in [0.1, 0.15) is 30.2 Å². The molecule has 1 aliphatic heterocycles. The molecular weight excluding hydrogens is 556 g/mol. The number of carbonyl (C=O) groups is 5. The van der Waals surface area contributed by atoms with Gasteiger partial charge in [-0.1, -0.05) is 17.7 Å². The second kappa shape index (κ2) is 15.1. The number of hydrogen-bond donors (Lipinski definition) is 9. The van der Waals surface area contributed by atoms with Crippen molar-refractivity contribution >= 4 is 46.9 Å². The molecule has 0 aromatic carbocycles. The van der Waals surface area contributed by atoms with Crippen molar-refractivity contribution in [1.29, 1.82) is 5.41 Å². The van der Waals surface area contributed by atoms with E-state index in [0.717, 1.165) is 4.88 Å². The quantitative estimate of drug-likeness (QED) is 0.0626. The lowest BCUT2D eigenvalue weighted by Crippen LogP contribution is -2.58. The van der Waals surface area contributed by atoms with Gasteiger partial charge in [0.25, 0.3) is 0 Å². The molecule has 15 nitrogen and oxygen atoms in total. The van der Waals surface area contributed by atoms with E-state index in [0.29, 0.717) is 12.1 Å². The number of aliphatic carboxylic acids is 1. The third kappa shape index (κ3) is 10.1. The molecule has 1 aliphatic rings. The SMILES string of the molecule is CC(NC(=O)C(C)NC(=O)C(CC1=CCN(C(=N)N)C1)NC(=O)C(N)C(C)O)C(=O)NC(Cc1cccs1)C(=O)O. The van der Waals surface area contributed by atoms with Crippen molar-refractivity contribution in [2.45, 2.75) is 69.9 Å². The van der Waals surface area contributed by atoms with Crippen LogP contribution in [0.2, 0.25) is 0 Å². The second-order valence-electron chi connectivity index (χ2n) is 9.80. The molecule has 1 aromatic heterocycles. The Morgan fingerprint density at radius 1 is 0.976 bits per heavy atom. The molecule has 0 bridgehead atoms. The monoisotopic (exact) mass is 594 g/mol. The number of carboxylic acids is 1. The van der Waals surface area contributed by atoms with E-state index in [2.05, 4.69) is 21.3 Å². The van der Waals surface area contributed by atoms with E-state index >= 15 is 0 Å². The number of nitrogens with zero attached hydrogens (tertiary/aromatic N) is 1. The van der Waals surface area contributed by atoms with Gasteiger partial charge in [-0.25, -0.2) is 4.79 Å². The van der Waals surface area contributed by atoms with Gasteiger partial charge >= 0.3 is 5.97 Å². The zero-order valence-electron chi connectivity index (χ0n) is 23.0. The average molecular weight is 595 g/mol. The van der Waals surface area contributed by atoms with Gasteiger partial charge in [0.05, 0.1) is 6.10 Å². The van der Waals surface area contributed by atoms with Gasteiger partial charge < -0.3 is 47.8 Å². The molecule has 0 spiro atoms. The Balaban J connectivity index is 2.00. The number of thiophene rings is 1. The van der Waals surface area contributed by atoms with E-state index in [-0.39, 0.29) is 25.3 Å². The molecule has 4 amide bonds. The first-order valence-electron chi connectivity index (χ1n) is 12.9. The number of aliphatic hydroxyl groups is 1. The third-order valence-electron chi connectivity index (χ3n) is 6.36. The van der Waals surface area contributed by atoms with Crippen LogP contribution in [0.4, 0.5) is 0 Å². The van der Waals surface area contributed by atoms with Crippen molar-refractivity contribution in [3.8, 4) is 0 Å². The van der Waals surface area contributed by atoms with Gasteiger partial charge in [0, 0.05) is 24.4 Å². The summed E-state index contributed by atoms with van der Waals surface area (Å²) in [5.74, 6) is -4.32. The van der Waals surface area contributed by atoms with Gasteiger partial charge in [-0.15, -0.1) is 11.3 Å². The molecule has 0 fully saturated rings. The lowest BCUT2D eigenvalue weighted by atomic mass is 10.0. The van der Waals surface area contributed by atoms with Crippen LogP contribution in [0.3, 0.4) is 0 Å². The van der Waals surface area contributed by atoms with Crippen LogP contribution in [0, 0.1) is 5.41 Å². The highest BCUT2D eigenvalue weighted by atomic mass is 32.1. The fourth-order valence-electron chi connectivity index (χ4n) is 3.81. The van der Waals surface area contributed by atoms with Gasteiger partial charge in [0.2, 0.25) is 23.6 Å². The Hall–Kier alpha value is -4.02. The van der Waals surface area contributed by atoms with E-state index in [9.17, 15) is 34.2 Å². The molecule has 6 unspecified atom stereocenters. The molecule has 0 saturated heterocycles. The molecule has 1 aromatic rings. The minimum Gasteiger partial charge on any atom is -0.480 e. The number of carbonyl (C=O) groups excluding carboxylic acids is 4. The van der Waals surface area contributed by atoms with Crippen molar-refractivity contribution in [2.24, 2.45) is 11.5 Å². The Morgan fingerprint density at radius 3 is 2.07 bits per heavy atom. The number of carboxylic acid groups (broad SMARTS) is 1. The number of hydrogen-bond acceptors (Lipinski definition) is 9. The van der Waals surface area contributed by atoms with Crippen LogP contribution in [0.1, 0.15) is 32.1 Å². The normalized spacial score (nSPS) is 17.2. The molecule has 11 N–H and O–H groups in total. The maximum Gasteiger partial charge on any atom is 0.326 e. The smallest absolute Gasteiger partial charge is 0.326 e. The van der Waals surface area contributed by atoms with E-state index in [4.69, 9.17) is 16.9 Å². The summed E-state index contributed by atoms with van der Waals surface area (Å²) in [4.78, 5) is 64.9. The van der Waals surface area contributed by atoms with Crippen LogP contribution >= 0.6 is 11.3 Å². The highest BCUT2D eigenvalue weighted by Gasteiger charge is 2.31. The standard InChI is InChI=1S/C25H38N8O7S/c1-12(20(35)29-13(2)21(36)32-18(24(39)40)10-16-5-4-8-41-16)30-22(37)17(31-23(38)19(26)14(3)34)9-15-6-7-33(11-15)25(27)28/h4-6,8,12-14,17-19,34H,7,9-11,26H2,1-3H3,(H3,27,28)(H,29,35)(H,30,37)(H,31,38)(H,32,36)(H,39,40). The zero-order valence-corrected chi connectivity index (χ0v) is 23.9. The number of amides is 4. The maximum absolute atomic E-state index is 13.1. The van der Waals surface area contributed by atoms with Crippen LogP contribution in [-0.2, 0) is 30.4 Å². The average Bonchev–Trinajstić information content (AvgIpc) is 3.59. The second-order valence-corrected chi connectivity index (χ2v) is 10.8. The maximum atomic E-state index is 13.1. The zero-order chi connectivity index (χ0) is 30.9. The summed E-state index contributed by atoms with van der Waals surface area (Å²) in [5, 5.41) is 38.3. The van der Waals surface area contributed by atoms with Crippen molar-refractivity contribution in [3.05, 3.63) is 34.0 Å². The Morgan fingerprint density at radius 2 is 1.56 bits per heavy atom. The number of nitrogens with two attached hydrogens (primary N) is 2. The van der Waals surface area contributed by atoms with E-state index in [1.807, 2.05) is 0 Å². The van der Waals surface area contributed by atoms with Crippen LogP contribution in [0.15, 0.2) is 29.2 Å². The molecular formula is C25H38N8O7S. The molecule has 41 heavy (non-hydrogen) atoms. The Bertz CT molecular complexity index is 1160. The molecule has 0 radical (unpaired) electrons. The summed E-state index contributed by atoms with van der Waals surface area (Å²) >= 11 is 1.35. The summed E-state index contributed by atoms with van der Waals surface area (Å²) in [6.45, 7) is 4.70. The Labute approximate surface area is 241 Å². The van der Waals surface area contributed by atoms with Gasteiger partial charge in [0.15, 0.2) is 5.96 Å². The minimum atomic E-state index is -1.30. The van der Waals surface area contributed by atoms with Crippen LogP contribution < -0.4 is 32.7 Å². The summed E-state index contributed by atoms with van der Waals surface area (Å²) < 4.78 is 0. The largest absolute Gasteiger partial charge is 0.480 e. The van der Waals surface area contributed by atoms with Crippen molar-refractivity contribution in [3.63, 3.8) is 0 Å². The fraction of sp³-hybridized carbons (Fsp3) is 0.520. The van der Waals surface area contributed by atoms with E-state index < -0.39 is 65.9 Å². The fourth-order valence-corrected chi connectivity index (χ4v) is 4.57. The van der Waals surface area contributed by atoms with E-state index in [1.54, 1.807) is 28.5 Å². The van der Waals surface area contributed by atoms with E-state index in [1.165, 1.54) is 32.1 Å². The van der Waals surface area contributed by atoms with Crippen molar-refractivity contribution in [1.82, 2.24) is 26.2 Å². The lowest BCUT2D eigenvalue weighted by molar-refractivity contribution is -0.142. The number of nitrogens with one attached hydrogen (secondary N) is 5. The van der Waals surface area contributed by atoms with Crippen LogP contribution in [0.5, 0.6) is 0 Å². The molecule has 0 saturated carbocycles. The summed E-state index contributed by atoms with van der Waals surface area (Å²) in [7, 11) is 0. The predicted molar refractivity (Wildman–Crippen MR) is 151 cm³/mol. The highest BCUT2D eigenvalue weighted by molar-refractivity contribution is 7.09. The number of guanidine groups is 1. The molecule has 2 heterocycles. The number of aliphatic hydroxyl groups excluding tert-OH is 1.